The van der Waals surface area contributed by atoms with Gasteiger partial charge in [-0.25, -0.2) is 0 Å². The summed E-state index contributed by atoms with van der Waals surface area (Å²) in [6.45, 7) is 4.35. The van der Waals surface area contributed by atoms with E-state index in [-0.39, 0.29) is 11.3 Å². The number of hydrogen-bond acceptors (Lipinski definition) is 5. The zero-order chi connectivity index (χ0) is 24.9. The molecule has 180 valence electrons. The number of unbranched alkanes of at least 4 members (excludes halogenated alkanes) is 1. The van der Waals surface area contributed by atoms with Gasteiger partial charge in [0.25, 0.3) is 11.7 Å². The lowest BCUT2D eigenvalue weighted by atomic mass is 9.98. The first-order valence-electron chi connectivity index (χ1n) is 11.7. The number of aliphatic hydroxyl groups is 1. The number of aryl methyl sites for hydroxylation is 1. The van der Waals surface area contributed by atoms with Crippen LogP contribution in [0.25, 0.3) is 5.76 Å². The summed E-state index contributed by atoms with van der Waals surface area (Å²) in [6.07, 6.45) is 4.70. The van der Waals surface area contributed by atoms with Crippen molar-refractivity contribution >= 4 is 34.7 Å². The number of carbonyl (C=O) groups excluding carboxylic acids is 2. The van der Waals surface area contributed by atoms with Gasteiger partial charge in [-0.15, -0.1) is 0 Å². The van der Waals surface area contributed by atoms with E-state index in [1.165, 1.54) is 4.90 Å². The van der Waals surface area contributed by atoms with Crippen LogP contribution in [0.4, 0.5) is 5.69 Å². The number of amides is 1. The number of aromatic nitrogens is 1. The van der Waals surface area contributed by atoms with Crippen LogP contribution in [-0.4, -0.2) is 28.4 Å². The average molecular weight is 491 g/mol. The number of Topliss-reactive ketones (excluding diaryl/α,β-unsaturated/α-hetero) is 1. The summed E-state index contributed by atoms with van der Waals surface area (Å²) in [5.41, 5.74) is 2.49. The number of anilines is 1. The molecule has 7 heteroatoms. The Balaban J connectivity index is 1.84. The van der Waals surface area contributed by atoms with Gasteiger partial charge in [0.15, 0.2) is 0 Å². The largest absolute Gasteiger partial charge is 0.507 e. The molecule has 0 aliphatic carbocycles. The topological polar surface area (TPSA) is 79.7 Å². The minimum atomic E-state index is -0.885. The molecule has 3 aromatic rings. The summed E-state index contributed by atoms with van der Waals surface area (Å²) in [4.78, 5) is 32.4. The molecule has 0 saturated carbocycles. The highest BCUT2D eigenvalue weighted by molar-refractivity contribution is 6.51. The second-order valence-corrected chi connectivity index (χ2v) is 8.68. The van der Waals surface area contributed by atoms with Crippen molar-refractivity contribution in [2.75, 3.05) is 11.5 Å². The summed E-state index contributed by atoms with van der Waals surface area (Å²) in [6, 6.07) is 16.7. The van der Waals surface area contributed by atoms with Gasteiger partial charge in [0.2, 0.25) is 0 Å². The lowest BCUT2D eigenvalue weighted by Gasteiger charge is -2.24. The fourth-order valence-electron chi connectivity index (χ4n) is 4.19. The van der Waals surface area contributed by atoms with E-state index >= 15 is 0 Å². The predicted octanol–water partition coefficient (Wildman–Crippen LogP) is 6.10. The summed E-state index contributed by atoms with van der Waals surface area (Å²) in [7, 11) is 0. The maximum Gasteiger partial charge on any atom is 0.300 e. The molecule has 1 aliphatic rings. The number of pyridine rings is 1. The fourth-order valence-corrected chi connectivity index (χ4v) is 4.36. The Bertz CT molecular complexity index is 1260. The van der Waals surface area contributed by atoms with Crippen LogP contribution in [-0.2, 0) is 16.0 Å². The molecule has 6 nitrogen and oxygen atoms in total. The third kappa shape index (κ3) is 4.93. The smallest absolute Gasteiger partial charge is 0.300 e. The molecular weight excluding hydrogens is 464 g/mol. The third-order valence-corrected chi connectivity index (χ3v) is 6.26. The highest BCUT2D eigenvalue weighted by Crippen LogP contribution is 2.42. The van der Waals surface area contributed by atoms with E-state index in [0.29, 0.717) is 34.3 Å². The number of ketones is 1. The minimum Gasteiger partial charge on any atom is -0.507 e. The molecule has 4 rings (SSSR count). The van der Waals surface area contributed by atoms with Crippen molar-refractivity contribution in [2.24, 2.45) is 0 Å². The van der Waals surface area contributed by atoms with E-state index in [9.17, 15) is 14.7 Å². The fraction of sp³-hybridized carbons (Fsp3) is 0.250. The number of carbonyl (C=O) groups is 2. The molecule has 1 saturated heterocycles. The van der Waals surface area contributed by atoms with Crippen molar-refractivity contribution in [2.45, 2.75) is 39.2 Å². The molecule has 2 aromatic carbocycles. The molecule has 1 aromatic heterocycles. The van der Waals surface area contributed by atoms with Gasteiger partial charge >= 0.3 is 0 Å². The van der Waals surface area contributed by atoms with Gasteiger partial charge in [-0.3, -0.25) is 19.5 Å². The first kappa shape index (κ1) is 24.5. The summed E-state index contributed by atoms with van der Waals surface area (Å²) in [5.74, 6) is -1.42. The van der Waals surface area contributed by atoms with Crippen molar-refractivity contribution in [3.63, 3.8) is 0 Å². The number of benzene rings is 2. The van der Waals surface area contributed by atoms with Gasteiger partial charge < -0.3 is 9.84 Å². The number of nitrogens with zero attached hydrogens (tertiary/aromatic N) is 2. The molecular formula is C28H27ClN2O4. The Morgan fingerprint density at radius 1 is 1.09 bits per heavy atom. The van der Waals surface area contributed by atoms with Crippen molar-refractivity contribution in [3.8, 4) is 5.75 Å². The molecule has 0 bridgehead atoms. The summed E-state index contributed by atoms with van der Waals surface area (Å²) < 4.78 is 5.54. The lowest BCUT2D eigenvalue weighted by molar-refractivity contribution is -0.132. The van der Waals surface area contributed by atoms with Crippen LogP contribution in [0.2, 0.25) is 5.02 Å². The van der Waals surface area contributed by atoms with Crippen molar-refractivity contribution in [3.05, 3.63) is 94.3 Å². The summed E-state index contributed by atoms with van der Waals surface area (Å²) >= 11 is 6.20. The standard InChI is InChI=1S/C28H27ClN2O4/c1-3-5-8-18-10-13-20(14-11-18)31-25(22-9-6-7-16-30-22)24(27(33)28(31)34)26(32)19-12-15-21(29)23(17-19)35-4-2/h6-7,9-17,25,32H,3-5,8H2,1-2H3/b26-24-. The monoisotopic (exact) mass is 490 g/mol. The van der Waals surface area contributed by atoms with Gasteiger partial charge in [-0.05, 0) is 67.8 Å². The zero-order valence-electron chi connectivity index (χ0n) is 19.7. The van der Waals surface area contributed by atoms with Crippen LogP contribution in [0, 0.1) is 0 Å². The average Bonchev–Trinajstić information content (AvgIpc) is 3.15. The SMILES string of the molecule is CCCCc1ccc(N2C(=O)C(=O)/C(=C(\O)c3ccc(Cl)c(OCC)c3)C2c2ccccn2)cc1. The van der Waals surface area contributed by atoms with Gasteiger partial charge in [-0.1, -0.05) is 43.1 Å². The van der Waals surface area contributed by atoms with Crippen LogP contribution in [0.1, 0.15) is 49.6 Å². The Morgan fingerprint density at radius 2 is 1.86 bits per heavy atom. The van der Waals surface area contributed by atoms with Gasteiger partial charge in [0.1, 0.15) is 17.6 Å². The van der Waals surface area contributed by atoms with E-state index in [1.807, 2.05) is 31.2 Å². The maximum atomic E-state index is 13.3. The zero-order valence-corrected chi connectivity index (χ0v) is 20.5. The van der Waals surface area contributed by atoms with Gasteiger partial charge in [-0.2, -0.15) is 0 Å². The predicted molar refractivity (Wildman–Crippen MR) is 137 cm³/mol. The summed E-state index contributed by atoms with van der Waals surface area (Å²) in [5, 5.41) is 11.7. The van der Waals surface area contributed by atoms with Crippen LogP contribution < -0.4 is 9.64 Å². The number of ether oxygens (including phenoxy) is 1. The molecule has 1 N–H and O–H groups in total. The first-order valence-corrected chi connectivity index (χ1v) is 12.1. The number of aliphatic hydroxyl groups excluding tert-OH is 1. The van der Waals surface area contributed by atoms with Crippen molar-refractivity contribution < 1.29 is 19.4 Å². The second-order valence-electron chi connectivity index (χ2n) is 8.27. The highest BCUT2D eigenvalue weighted by atomic mass is 35.5. The normalized spacial score (nSPS) is 17.1. The molecule has 35 heavy (non-hydrogen) atoms. The maximum absolute atomic E-state index is 13.3. The van der Waals surface area contributed by atoms with Crippen molar-refractivity contribution in [1.82, 2.24) is 4.98 Å². The molecule has 1 amide bonds. The molecule has 1 atom stereocenters. The Kier molecular flexibility index (Phi) is 7.51. The van der Waals surface area contributed by atoms with E-state index in [4.69, 9.17) is 16.3 Å². The van der Waals surface area contributed by atoms with E-state index in [0.717, 1.165) is 24.8 Å². The van der Waals surface area contributed by atoms with Crippen molar-refractivity contribution in [1.29, 1.82) is 0 Å². The van der Waals surface area contributed by atoms with Crippen LogP contribution >= 0.6 is 11.6 Å². The van der Waals surface area contributed by atoms with Gasteiger partial charge in [0, 0.05) is 17.4 Å². The first-order chi connectivity index (χ1) is 17.0. The van der Waals surface area contributed by atoms with Crippen LogP contribution in [0.3, 0.4) is 0 Å². The number of halogens is 1. The lowest BCUT2D eigenvalue weighted by Crippen LogP contribution is -2.29. The number of rotatable bonds is 8. The number of hydrogen-bond donors (Lipinski definition) is 1. The quantitative estimate of drug-likeness (QED) is 0.234. The molecule has 1 fully saturated rings. The highest BCUT2D eigenvalue weighted by Gasteiger charge is 2.47. The third-order valence-electron chi connectivity index (χ3n) is 5.95. The van der Waals surface area contributed by atoms with Crippen LogP contribution in [0.15, 0.2) is 72.4 Å². The molecule has 0 spiro atoms. The van der Waals surface area contributed by atoms with Gasteiger partial charge in [0.05, 0.1) is 22.9 Å². The Labute approximate surface area is 209 Å². The Morgan fingerprint density at radius 3 is 2.51 bits per heavy atom. The molecule has 1 unspecified atom stereocenters. The van der Waals surface area contributed by atoms with E-state index < -0.39 is 17.7 Å². The molecule has 2 heterocycles. The van der Waals surface area contributed by atoms with E-state index in [1.54, 1.807) is 42.6 Å². The minimum absolute atomic E-state index is 0.0338. The molecule has 0 radical (unpaired) electrons. The van der Waals surface area contributed by atoms with E-state index in [2.05, 4.69) is 11.9 Å². The second kappa shape index (κ2) is 10.7. The van der Waals surface area contributed by atoms with Crippen LogP contribution in [0.5, 0.6) is 5.75 Å². The Hall–Kier alpha value is -3.64. The molecule has 1 aliphatic heterocycles.